The number of hydrogen-bond acceptors (Lipinski definition) is 7. The van der Waals surface area contributed by atoms with Gasteiger partial charge in [-0.1, -0.05) is 12.1 Å². The van der Waals surface area contributed by atoms with Gasteiger partial charge in [0.25, 0.3) is 0 Å². The van der Waals surface area contributed by atoms with Crippen molar-refractivity contribution < 1.29 is 9.50 Å². The van der Waals surface area contributed by atoms with Crippen LogP contribution in [0.25, 0.3) is 0 Å². The first-order valence-corrected chi connectivity index (χ1v) is 10.3. The van der Waals surface area contributed by atoms with E-state index in [0.717, 1.165) is 82.6 Å². The highest BCUT2D eigenvalue weighted by atomic mass is 19.1. The summed E-state index contributed by atoms with van der Waals surface area (Å²) in [6.45, 7) is 9.25. The Balaban J connectivity index is 1.26. The number of β-amino-alcohol motifs (C(OH)–C–C–N with tert-alkyl or cyclic N) is 1. The van der Waals surface area contributed by atoms with Gasteiger partial charge in [-0.05, 0) is 29.8 Å². The maximum atomic E-state index is 13.1. The topological polar surface area (TPSA) is 59.0 Å². The first-order valence-electron chi connectivity index (χ1n) is 10.3. The standard InChI is InChI=1S/C21H29FN6O/c22-19-3-1-18(2-4-19)17-26-9-13-28(14-10-26)21-6-5-20(23-24-21)27-11-7-25(8-12-27)15-16-29/h1-6,29H,7-17H2. The Hall–Kier alpha value is -2.29. The van der Waals surface area contributed by atoms with E-state index >= 15 is 0 Å². The first kappa shape index (κ1) is 20.0. The number of rotatable bonds is 6. The quantitative estimate of drug-likeness (QED) is 0.778. The van der Waals surface area contributed by atoms with Crippen LogP contribution in [0, 0.1) is 5.82 Å². The van der Waals surface area contributed by atoms with E-state index in [1.165, 1.54) is 12.1 Å². The Morgan fingerprint density at radius 2 is 1.24 bits per heavy atom. The molecule has 1 N–H and O–H groups in total. The lowest BCUT2D eigenvalue weighted by molar-refractivity contribution is 0.188. The number of aromatic nitrogens is 2. The molecule has 0 aliphatic carbocycles. The fourth-order valence-electron chi connectivity index (χ4n) is 3.98. The van der Waals surface area contributed by atoms with Gasteiger partial charge in [0.05, 0.1) is 6.61 Å². The molecular formula is C21H29FN6O. The van der Waals surface area contributed by atoms with Gasteiger partial charge in [-0.25, -0.2) is 4.39 Å². The summed E-state index contributed by atoms with van der Waals surface area (Å²) < 4.78 is 13.1. The van der Waals surface area contributed by atoms with Gasteiger partial charge in [0.1, 0.15) is 5.82 Å². The minimum absolute atomic E-state index is 0.187. The second-order valence-corrected chi connectivity index (χ2v) is 7.69. The Morgan fingerprint density at radius 3 is 1.72 bits per heavy atom. The lowest BCUT2D eigenvalue weighted by Gasteiger charge is -2.36. The number of anilines is 2. The number of halogens is 1. The molecule has 8 heteroatoms. The van der Waals surface area contributed by atoms with E-state index in [9.17, 15) is 4.39 Å². The molecule has 0 bridgehead atoms. The Morgan fingerprint density at radius 1 is 0.724 bits per heavy atom. The molecule has 2 saturated heterocycles. The van der Waals surface area contributed by atoms with Crippen molar-refractivity contribution >= 4 is 11.6 Å². The van der Waals surface area contributed by atoms with Gasteiger partial charge in [-0.3, -0.25) is 9.80 Å². The molecule has 2 aliphatic heterocycles. The number of aliphatic hydroxyl groups excluding tert-OH is 1. The highest BCUT2D eigenvalue weighted by Gasteiger charge is 2.20. The van der Waals surface area contributed by atoms with E-state index in [4.69, 9.17) is 5.11 Å². The van der Waals surface area contributed by atoms with Crippen LogP contribution in [0.2, 0.25) is 0 Å². The van der Waals surface area contributed by atoms with Crippen LogP contribution in [0.5, 0.6) is 0 Å². The van der Waals surface area contributed by atoms with E-state index in [1.54, 1.807) is 0 Å². The molecular weight excluding hydrogens is 371 g/mol. The van der Waals surface area contributed by atoms with E-state index in [-0.39, 0.29) is 12.4 Å². The van der Waals surface area contributed by atoms with Crippen LogP contribution >= 0.6 is 0 Å². The molecule has 2 aromatic rings. The molecule has 0 radical (unpaired) electrons. The third-order valence-electron chi connectivity index (χ3n) is 5.76. The van der Waals surface area contributed by atoms with Gasteiger partial charge < -0.3 is 14.9 Å². The van der Waals surface area contributed by atoms with Crippen molar-refractivity contribution in [2.75, 3.05) is 75.3 Å². The lowest BCUT2D eigenvalue weighted by atomic mass is 10.2. The average Bonchev–Trinajstić information content (AvgIpc) is 2.77. The number of piperazine rings is 2. The number of hydrogen-bond donors (Lipinski definition) is 1. The molecule has 0 spiro atoms. The molecule has 7 nitrogen and oxygen atoms in total. The summed E-state index contributed by atoms with van der Waals surface area (Å²) in [5.74, 6) is 1.66. The number of aliphatic hydroxyl groups is 1. The molecule has 156 valence electrons. The zero-order chi connectivity index (χ0) is 20.1. The summed E-state index contributed by atoms with van der Waals surface area (Å²) in [6, 6.07) is 10.9. The van der Waals surface area contributed by atoms with Crippen LogP contribution < -0.4 is 9.80 Å². The van der Waals surface area contributed by atoms with Gasteiger partial charge in [-0.15, -0.1) is 10.2 Å². The summed E-state index contributed by atoms with van der Waals surface area (Å²) in [6.07, 6.45) is 0. The third-order valence-corrected chi connectivity index (χ3v) is 5.76. The molecule has 0 unspecified atom stereocenters. The molecule has 0 atom stereocenters. The number of benzene rings is 1. The van der Waals surface area contributed by atoms with E-state index in [2.05, 4.69) is 41.9 Å². The molecule has 1 aromatic heterocycles. The molecule has 3 heterocycles. The predicted octanol–water partition coefficient (Wildman–Crippen LogP) is 1.05. The van der Waals surface area contributed by atoms with Crippen molar-refractivity contribution in [3.05, 3.63) is 47.8 Å². The second kappa shape index (κ2) is 9.47. The van der Waals surface area contributed by atoms with Gasteiger partial charge in [0.2, 0.25) is 0 Å². The van der Waals surface area contributed by atoms with E-state index in [1.807, 2.05) is 12.1 Å². The van der Waals surface area contributed by atoms with Crippen molar-refractivity contribution in [1.29, 1.82) is 0 Å². The Bertz CT molecular complexity index is 756. The van der Waals surface area contributed by atoms with Crippen LogP contribution in [0.4, 0.5) is 16.0 Å². The van der Waals surface area contributed by atoms with Crippen LogP contribution in [-0.4, -0.2) is 90.6 Å². The van der Waals surface area contributed by atoms with E-state index < -0.39 is 0 Å². The van der Waals surface area contributed by atoms with Crippen LogP contribution in [0.15, 0.2) is 36.4 Å². The lowest BCUT2D eigenvalue weighted by Crippen LogP contribution is -2.47. The highest BCUT2D eigenvalue weighted by molar-refractivity contribution is 5.45. The van der Waals surface area contributed by atoms with Gasteiger partial charge in [0, 0.05) is 65.4 Å². The fraction of sp³-hybridized carbons (Fsp3) is 0.524. The first-order chi connectivity index (χ1) is 14.2. The smallest absolute Gasteiger partial charge is 0.151 e. The van der Waals surface area contributed by atoms with Crippen LogP contribution in [0.1, 0.15) is 5.56 Å². The van der Waals surface area contributed by atoms with E-state index in [0.29, 0.717) is 0 Å². The summed E-state index contributed by atoms with van der Waals surface area (Å²) in [4.78, 5) is 9.18. The maximum Gasteiger partial charge on any atom is 0.151 e. The van der Waals surface area contributed by atoms with Crippen LogP contribution in [-0.2, 0) is 6.54 Å². The van der Waals surface area contributed by atoms with Crippen LogP contribution in [0.3, 0.4) is 0 Å². The van der Waals surface area contributed by atoms with Gasteiger partial charge in [-0.2, -0.15) is 0 Å². The minimum atomic E-state index is -0.187. The second-order valence-electron chi connectivity index (χ2n) is 7.69. The largest absolute Gasteiger partial charge is 0.395 e. The van der Waals surface area contributed by atoms with Crippen molar-refractivity contribution in [2.45, 2.75) is 6.54 Å². The third kappa shape index (κ3) is 5.20. The molecule has 0 saturated carbocycles. The summed E-state index contributed by atoms with van der Waals surface area (Å²) in [5, 5.41) is 18.0. The monoisotopic (exact) mass is 400 g/mol. The van der Waals surface area contributed by atoms with Crippen molar-refractivity contribution in [2.24, 2.45) is 0 Å². The fourth-order valence-corrected chi connectivity index (χ4v) is 3.98. The normalized spacial score (nSPS) is 19.0. The summed E-state index contributed by atoms with van der Waals surface area (Å²) >= 11 is 0. The van der Waals surface area contributed by atoms with Crippen molar-refractivity contribution in [3.63, 3.8) is 0 Å². The molecule has 1 aromatic carbocycles. The predicted molar refractivity (Wildman–Crippen MR) is 112 cm³/mol. The minimum Gasteiger partial charge on any atom is -0.395 e. The molecule has 29 heavy (non-hydrogen) atoms. The van der Waals surface area contributed by atoms with Gasteiger partial charge >= 0.3 is 0 Å². The summed E-state index contributed by atoms with van der Waals surface area (Å²) in [7, 11) is 0. The molecule has 2 fully saturated rings. The molecule has 2 aliphatic rings. The number of nitrogens with zero attached hydrogens (tertiary/aromatic N) is 6. The average molecular weight is 401 g/mol. The SMILES string of the molecule is OCCN1CCN(c2ccc(N3CCN(Cc4ccc(F)cc4)CC3)nn2)CC1. The Labute approximate surface area is 171 Å². The maximum absolute atomic E-state index is 13.1. The van der Waals surface area contributed by atoms with Gasteiger partial charge in [0.15, 0.2) is 11.6 Å². The molecule has 0 amide bonds. The summed E-state index contributed by atoms with van der Waals surface area (Å²) in [5.41, 5.74) is 1.14. The van der Waals surface area contributed by atoms with Crippen molar-refractivity contribution in [3.8, 4) is 0 Å². The van der Waals surface area contributed by atoms with Crippen molar-refractivity contribution in [1.82, 2.24) is 20.0 Å². The highest BCUT2D eigenvalue weighted by Crippen LogP contribution is 2.18. The Kier molecular flexibility index (Phi) is 6.53. The zero-order valence-corrected chi connectivity index (χ0v) is 16.8. The zero-order valence-electron chi connectivity index (χ0n) is 16.8. The molecule has 4 rings (SSSR count).